The Morgan fingerprint density at radius 1 is 1.03 bits per heavy atom. The number of hydrogen-bond donors (Lipinski definition) is 1. The van der Waals surface area contributed by atoms with Gasteiger partial charge in [0.2, 0.25) is 0 Å². The molecule has 0 fully saturated rings. The monoisotopic (exact) mass is 445 g/mol. The fraction of sp³-hybridized carbons (Fsp3) is 0.125. The van der Waals surface area contributed by atoms with Gasteiger partial charge in [-0.05, 0) is 62.1 Å². The summed E-state index contributed by atoms with van der Waals surface area (Å²) < 4.78 is 14.6. The minimum absolute atomic E-state index is 0.234. The molecule has 162 valence electrons. The van der Waals surface area contributed by atoms with Crippen molar-refractivity contribution >= 4 is 39.3 Å². The highest BCUT2D eigenvalue weighted by molar-refractivity contribution is 7.82. The van der Waals surface area contributed by atoms with E-state index in [1.54, 1.807) is 53.8 Å². The number of amides is 1. The van der Waals surface area contributed by atoms with Crippen LogP contribution < -0.4 is 10.6 Å². The van der Waals surface area contributed by atoms with Crippen LogP contribution in [0.4, 0.5) is 11.5 Å². The number of hydrogen-bond acceptors (Lipinski definition) is 5. The summed E-state index contributed by atoms with van der Waals surface area (Å²) >= 11 is 0. The summed E-state index contributed by atoms with van der Waals surface area (Å²) in [7, 11) is 2.04. The molecule has 0 saturated heterocycles. The van der Waals surface area contributed by atoms with Gasteiger partial charge in [0.05, 0.1) is 28.2 Å². The number of carbonyl (C=O) groups excluding carboxylic acids is 1. The van der Waals surface area contributed by atoms with Gasteiger partial charge in [0.15, 0.2) is 0 Å². The number of nitrogens with two attached hydrogens (primary N) is 1. The van der Waals surface area contributed by atoms with Crippen molar-refractivity contribution in [2.45, 2.75) is 11.4 Å². The van der Waals surface area contributed by atoms with E-state index in [9.17, 15) is 9.00 Å². The molecule has 4 aromatic rings. The molecule has 1 atom stereocenters. The zero-order valence-electron chi connectivity index (χ0n) is 17.8. The van der Waals surface area contributed by atoms with Crippen LogP contribution in [-0.2, 0) is 17.5 Å². The first kappa shape index (κ1) is 21.6. The van der Waals surface area contributed by atoms with Crippen molar-refractivity contribution in [1.29, 1.82) is 0 Å². The summed E-state index contributed by atoms with van der Waals surface area (Å²) in [6, 6.07) is 20.2. The summed E-state index contributed by atoms with van der Waals surface area (Å²) in [5.74, 6) is 0.201. The predicted octanol–water partition coefficient (Wildman–Crippen LogP) is 3.64. The average Bonchev–Trinajstić information content (AvgIpc) is 2.82. The number of pyridine rings is 2. The van der Waals surface area contributed by atoms with Gasteiger partial charge in [0.25, 0.3) is 5.91 Å². The van der Waals surface area contributed by atoms with Gasteiger partial charge in [0, 0.05) is 17.8 Å². The molecule has 0 bridgehead atoms. The highest BCUT2D eigenvalue weighted by Gasteiger charge is 2.24. The molecule has 0 aliphatic heterocycles. The van der Waals surface area contributed by atoms with Crippen LogP contribution in [0.2, 0.25) is 0 Å². The van der Waals surface area contributed by atoms with E-state index in [1.807, 2.05) is 42.5 Å². The topological polar surface area (TPSA) is 92.4 Å². The molecular weight excluding hydrogens is 422 g/mol. The molecule has 0 saturated carbocycles. The van der Waals surface area contributed by atoms with E-state index in [4.69, 9.17) is 5.73 Å². The second-order valence-electron chi connectivity index (χ2n) is 7.43. The van der Waals surface area contributed by atoms with E-state index >= 15 is 0 Å². The molecule has 1 amide bonds. The fourth-order valence-corrected chi connectivity index (χ4v) is 4.34. The lowest BCUT2D eigenvalue weighted by atomic mass is 10.1. The van der Waals surface area contributed by atoms with Gasteiger partial charge in [-0.25, -0.2) is 13.5 Å². The number of nitrogens with zero attached hydrogens (tertiary/aromatic N) is 4. The Hall–Kier alpha value is -3.62. The van der Waals surface area contributed by atoms with Crippen molar-refractivity contribution in [3.63, 3.8) is 0 Å². The van der Waals surface area contributed by atoms with Gasteiger partial charge in [-0.2, -0.15) is 0 Å². The Morgan fingerprint density at radius 2 is 1.81 bits per heavy atom. The molecule has 2 N–H and O–H groups in total. The van der Waals surface area contributed by atoms with Gasteiger partial charge < -0.3 is 10.6 Å². The predicted molar refractivity (Wildman–Crippen MR) is 127 cm³/mol. The SMILES string of the molecule is CN(C)S(=O)c1ccccc1N(Cc1ccc2ccc(N)nc2c1)C(=O)c1cccnc1. The van der Waals surface area contributed by atoms with Crippen molar-refractivity contribution in [2.24, 2.45) is 0 Å². The molecule has 2 aromatic heterocycles. The van der Waals surface area contributed by atoms with Gasteiger partial charge in [0.1, 0.15) is 16.8 Å². The smallest absolute Gasteiger partial charge is 0.260 e. The molecule has 0 aliphatic carbocycles. The molecule has 32 heavy (non-hydrogen) atoms. The number of carbonyl (C=O) groups is 1. The number of nitrogen functional groups attached to an aromatic ring is 1. The molecule has 0 spiro atoms. The number of anilines is 2. The van der Waals surface area contributed by atoms with Crippen molar-refractivity contribution in [3.05, 3.63) is 90.3 Å². The van der Waals surface area contributed by atoms with E-state index in [0.717, 1.165) is 16.5 Å². The van der Waals surface area contributed by atoms with Crippen LogP contribution in [0.5, 0.6) is 0 Å². The van der Waals surface area contributed by atoms with E-state index < -0.39 is 11.0 Å². The molecule has 2 heterocycles. The van der Waals surface area contributed by atoms with E-state index in [-0.39, 0.29) is 12.5 Å². The first-order valence-electron chi connectivity index (χ1n) is 9.99. The number of aromatic nitrogens is 2. The molecule has 0 radical (unpaired) electrons. The van der Waals surface area contributed by atoms with Gasteiger partial charge in [-0.1, -0.05) is 24.3 Å². The quantitative estimate of drug-likeness (QED) is 0.489. The van der Waals surface area contributed by atoms with Gasteiger partial charge in [-0.15, -0.1) is 0 Å². The maximum atomic E-state index is 13.5. The third-order valence-corrected chi connectivity index (χ3v) is 6.33. The largest absolute Gasteiger partial charge is 0.384 e. The van der Waals surface area contributed by atoms with E-state index in [2.05, 4.69) is 9.97 Å². The lowest BCUT2D eigenvalue weighted by Crippen LogP contribution is -2.32. The lowest BCUT2D eigenvalue weighted by molar-refractivity contribution is 0.0984. The van der Waals surface area contributed by atoms with Gasteiger partial charge >= 0.3 is 0 Å². The molecule has 0 aliphatic rings. The summed E-state index contributed by atoms with van der Waals surface area (Å²) in [6.07, 6.45) is 3.15. The zero-order valence-corrected chi connectivity index (χ0v) is 18.6. The third kappa shape index (κ3) is 4.51. The van der Waals surface area contributed by atoms with E-state index in [0.29, 0.717) is 22.0 Å². The number of benzene rings is 2. The number of fused-ring (bicyclic) bond motifs is 1. The maximum absolute atomic E-state index is 13.5. The minimum Gasteiger partial charge on any atom is -0.384 e. The van der Waals surface area contributed by atoms with Crippen LogP contribution >= 0.6 is 0 Å². The molecular formula is C24H23N5O2S. The van der Waals surface area contributed by atoms with Crippen molar-refractivity contribution in [3.8, 4) is 0 Å². The van der Waals surface area contributed by atoms with Crippen LogP contribution in [0, 0.1) is 0 Å². The van der Waals surface area contributed by atoms with Crippen molar-refractivity contribution in [2.75, 3.05) is 24.7 Å². The van der Waals surface area contributed by atoms with Crippen molar-refractivity contribution in [1.82, 2.24) is 14.3 Å². The Kier molecular flexibility index (Phi) is 6.25. The Balaban J connectivity index is 1.81. The summed E-state index contributed by atoms with van der Waals surface area (Å²) in [5, 5.41) is 0.960. The Bertz CT molecular complexity index is 1290. The van der Waals surface area contributed by atoms with E-state index in [1.165, 1.54) is 6.20 Å². The highest BCUT2D eigenvalue weighted by atomic mass is 32.2. The first-order chi connectivity index (χ1) is 15.4. The van der Waals surface area contributed by atoms with Crippen LogP contribution in [0.1, 0.15) is 15.9 Å². The molecule has 2 aromatic carbocycles. The molecule has 1 unspecified atom stereocenters. The molecule has 4 rings (SSSR count). The summed E-state index contributed by atoms with van der Waals surface area (Å²) in [5.41, 5.74) is 8.50. The molecule has 8 heteroatoms. The van der Waals surface area contributed by atoms with Gasteiger partial charge in [-0.3, -0.25) is 9.78 Å². The fourth-order valence-electron chi connectivity index (χ4n) is 3.40. The number of rotatable bonds is 6. The molecule has 7 nitrogen and oxygen atoms in total. The highest BCUT2D eigenvalue weighted by Crippen LogP contribution is 2.28. The average molecular weight is 446 g/mol. The Labute approximate surface area is 189 Å². The summed E-state index contributed by atoms with van der Waals surface area (Å²) in [6.45, 7) is 0.266. The van der Waals surface area contributed by atoms with Crippen LogP contribution in [0.15, 0.2) is 84.0 Å². The Morgan fingerprint density at radius 3 is 2.56 bits per heavy atom. The second kappa shape index (κ2) is 9.25. The van der Waals surface area contributed by atoms with Crippen LogP contribution in [0.3, 0.4) is 0 Å². The van der Waals surface area contributed by atoms with Crippen LogP contribution in [0.25, 0.3) is 10.9 Å². The normalized spacial score (nSPS) is 12.1. The minimum atomic E-state index is -1.43. The first-order valence-corrected chi connectivity index (χ1v) is 11.1. The second-order valence-corrected chi connectivity index (χ2v) is 9.09. The third-order valence-electron chi connectivity index (χ3n) is 4.95. The van der Waals surface area contributed by atoms with Crippen molar-refractivity contribution < 1.29 is 9.00 Å². The lowest BCUT2D eigenvalue weighted by Gasteiger charge is -2.26. The summed E-state index contributed by atoms with van der Waals surface area (Å²) in [4.78, 5) is 24.2. The standard InChI is InChI=1S/C24H23N5O2S/c1-28(2)32(31)22-8-4-3-7-21(22)29(24(30)19-6-5-13-26-15-19)16-17-9-10-18-11-12-23(25)27-20(18)14-17/h3-15H,16H2,1-2H3,(H2,25,27). The number of para-hydroxylation sites is 1. The van der Waals surface area contributed by atoms with Crippen LogP contribution in [-0.4, -0.2) is 38.5 Å². The maximum Gasteiger partial charge on any atom is 0.260 e. The zero-order chi connectivity index (χ0) is 22.7.